The van der Waals surface area contributed by atoms with Gasteiger partial charge in [0.1, 0.15) is 11.6 Å². The minimum atomic E-state index is 0. The lowest BCUT2D eigenvalue weighted by Crippen LogP contribution is -2.55. The Bertz CT molecular complexity index is 763. The molecule has 144 valence electrons. The van der Waals surface area contributed by atoms with Gasteiger partial charge in [-0.25, -0.2) is 4.98 Å². The van der Waals surface area contributed by atoms with Crippen LogP contribution in [-0.4, -0.2) is 52.9 Å². The number of halogens is 1. The largest absolute Gasteiger partial charge is 0.352 e. The molecular weight excluding hydrogens is 360 g/mol. The number of piperazine rings is 1. The molecule has 0 saturated carbocycles. The number of nitrogens with zero attached hydrogens (tertiary/aromatic N) is 4. The predicted octanol–water partition coefficient (Wildman–Crippen LogP) is 3.37. The molecule has 1 atom stereocenters. The number of benzene rings is 1. The molecule has 0 spiro atoms. The summed E-state index contributed by atoms with van der Waals surface area (Å²) in [5.74, 6) is 1.16. The predicted molar refractivity (Wildman–Crippen MR) is 111 cm³/mol. The third-order valence-corrected chi connectivity index (χ3v) is 5.50. The number of fused-ring (bicyclic) bond motifs is 1. The monoisotopic (exact) mass is 386 g/mol. The fourth-order valence-corrected chi connectivity index (χ4v) is 4.08. The standard InChI is InChI=1S/C21H26N4O.ClH/c1-16(26)12-17-5-7-18(8-6-17)20-13-23-21(14-22-20)25-11-10-24-9-3-2-4-19(24)15-25;/h5-8,13-14,19H,2-4,9-12,15H2,1H3;1H. The number of hydrogen-bond acceptors (Lipinski definition) is 5. The normalized spacial score (nSPS) is 19.9. The first-order valence-corrected chi connectivity index (χ1v) is 9.59. The van der Waals surface area contributed by atoms with Gasteiger partial charge in [0.25, 0.3) is 0 Å². The van der Waals surface area contributed by atoms with Crippen LogP contribution >= 0.6 is 12.4 Å². The number of hydrogen-bond donors (Lipinski definition) is 0. The Morgan fingerprint density at radius 1 is 1.07 bits per heavy atom. The van der Waals surface area contributed by atoms with E-state index < -0.39 is 0 Å². The Morgan fingerprint density at radius 3 is 2.59 bits per heavy atom. The molecule has 2 saturated heterocycles. The van der Waals surface area contributed by atoms with Gasteiger partial charge in [0.05, 0.1) is 18.1 Å². The zero-order valence-corrected chi connectivity index (χ0v) is 16.6. The molecule has 27 heavy (non-hydrogen) atoms. The Labute approximate surface area is 167 Å². The zero-order valence-electron chi connectivity index (χ0n) is 15.8. The minimum absolute atomic E-state index is 0. The van der Waals surface area contributed by atoms with E-state index in [9.17, 15) is 4.79 Å². The summed E-state index contributed by atoms with van der Waals surface area (Å²) in [4.78, 5) is 25.5. The lowest BCUT2D eigenvalue weighted by atomic mass is 9.99. The average Bonchev–Trinajstić information content (AvgIpc) is 2.68. The second kappa shape index (κ2) is 8.81. The van der Waals surface area contributed by atoms with Crippen LogP contribution in [0.15, 0.2) is 36.7 Å². The molecule has 1 aromatic carbocycles. The highest BCUT2D eigenvalue weighted by molar-refractivity contribution is 5.85. The van der Waals surface area contributed by atoms with Gasteiger partial charge in [-0.2, -0.15) is 0 Å². The van der Waals surface area contributed by atoms with E-state index in [2.05, 4.69) is 19.8 Å². The van der Waals surface area contributed by atoms with E-state index in [4.69, 9.17) is 0 Å². The van der Waals surface area contributed by atoms with Crippen molar-refractivity contribution in [1.29, 1.82) is 0 Å². The number of carbonyl (C=O) groups excluding carboxylic acids is 1. The van der Waals surface area contributed by atoms with Crippen molar-refractivity contribution < 1.29 is 4.79 Å². The van der Waals surface area contributed by atoms with Crippen LogP contribution < -0.4 is 4.90 Å². The van der Waals surface area contributed by atoms with Crippen molar-refractivity contribution >= 4 is 24.0 Å². The Kier molecular flexibility index (Phi) is 6.45. The molecule has 0 N–H and O–H groups in total. The van der Waals surface area contributed by atoms with Crippen LogP contribution in [0.5, 0.6) is 0 Å². The average molecular weight is 387 g/mol. The number of rotatable bonds is 4. The van der Waals surface area contributed by atoms with Crippen molar-refractivity contribution in [1.82, 2.24) is 14.9 Å². The number of Topliss-reactive ketones (excluding diaryl/α,β-unsaturated/α-hetero) is 1. The van der Waals surface area contributed by atoms with Crippen LogP contribution in [0.3, 0.4) is 0 Å². The van der Waals surface area contributed by atoms with E-state index in [1.807, 2.05) is 36.7 Å². The van der Waals surface area contributed by atoms with E-state index in [0.717, 1.165) is 42.3 Å². The van der Waals surface area contributed by atoms with E-state index in [0.29, 0.717) is 12.5 Å². The van der Waals surface area contributed by atoms with E-state index in [-0.39, 0.29) is 18.2 Å². The van der Waals surface area contributed by atoms with Gasteiger partial charge in [-0.1, -0.05) is 30.7 Å². The van der Waals surface area contributed by atoms with Gasteiger partial charge in [-0.3, -0.25) is 14.7 Å². The number of aromatic nitrogens is 2. The Balaban J connectivity index is 0.00000210. The van der Waals surface area contributed by atoms with E-state index >= 15 is 0 Å². The molecule has 0 radical (unpaired) electrons. The maximum absolute atomic E-state index is 11.2. The van der Waals surface area contributed by atoms with Gasteiger partial charge in [0.15, 0.2) is 0 Å². The van der Waals surface area contributed by atoms with Gasteiger partial charge in [0, 0.05) is 37.7 Å². The molecular formula is C21H27ClN4O. The molecule has 2 aliphatic heterocycles. The fraction of sp³-hybridized carbons (Fsp3) is 0.476. The van der Waals surface area contributed by atoms with E-state index in [1.54, 1.807) is 6.92 Å². The van der Waals surface area contributed by atoms with Crippen molar-refractivity contribution in [3.63, 3.8) is 0 Å². The molecule has 0 amide bonds. The number of ketones is 1. The molecule has 0 aliphatic carbocycles. The summed E-state index contributed by atoms with van der Waals surface area (Å²) in [6.45, 7) is 6.09. The van der Waals surface area contributed by atoms with E-state index in [1.165, 1.54) is 25.8 Å². The quantitative estimate of drug-likeness (QED) is 0.806. The summed E-state index contributed by atoms with van der Waals surface area (Å²) in [6, 6.07) is 8.70. The summed E-state index contributed by atoms with van der Waals surface area (Å²) < 4.78 is 0. The summed E-state index contributed by atoms with van der Waals surface area (Å²) in [7, 11) is 0. The smallest absolute Gasteiger partial charge is 0.147 e. The third-order valence-electron chi connectivity index (χ3n) is 5.50. The summed E-state index contributed by atoms with van der Waals surface area (Å²) in [5.41, 5.74) is 2.95. The maximum atomic E-state index is 11.2. The first-order chi connectivity index (χ1) is 12.7. The van der Waals surface area contributed by atoms with Gasteiger partial charge in [0.2, 0.25) is 0 Å². The summed E-state index contributed by atoms with van der Waals surface area (Å²) in [5, 5.41) is 0. The highest BCUT2D eigenvalue weighted by atomic mass is 35.5. The van der Waals surface area contributed by atoms with Crippen LogP contribution in [0.1, 0.15) is 31.7 Å². The first-order valence-electron chi connectivity index (χ1n) is 9.59. The van der Waals surface area contributed by atoms with Gasteiger partial charge >= 0.3 is 0 Å². The number of anilines is 1. The fourth-order valence-electron chi connectivity index (χ4n) is 4.08. The highest BCUT2D eigenvalue weighted by Gasteiger charge is 2.29. The SMILES string of the molecule is CC(=O)Cc1ccc(-c2cnc(N3CCN4CCCCC4C3)cn2)cc1.Cl. The highest BCUT2D eigenvalue weighted by Crippen LogP contribution is 2.24. The lowest BCUT2D eigenvalue weighted by Gasteiger charge is -2.44. The van der Waals surface area contributed by atoms with Crippen molar-refractivity contribution in [2.45, 2.75) is 38.6 Å². The molecule has 4 rings (SSSR count). The van der Waals surface area contributed by atoms with Crippen LogP contribution in [0.25, 0.3) is 11.3 Å². The molecule has 3 heterocycles. The third kappa shape index (κ3) is 4.66. The van der Waals surface area contributed by atoms with Crippen LogP contribution in [0.4, 0.5) is 5.82 Å². The van der Waals surface area contributed by atoms with Crippen molar-refractivity contribution in [2.75, 3.05) is 31.1 Å². The van der Waals surface area contributed by atoms with Gasteiger partial charge < -0.3 is 4.90 Å². The van der Waals surface area contributed by atoms with Crippen molar-refractivity contribution in [3.8, 4) is 11.3 Å². The lowest BCUT2D eigenvalue weighted by molar-refractivity contribution is -0.116. The molecule has 5 nitrogen and oxygen atoms in total. The summed E-state index contributed by atoms with van der Waals surface area (Å²) in [6.07, 6.45) is 8.24. The summed E-state index contributed by atoms with van der Waals surface area (Å²) >= 11 is 0. The molecule has 1 unspecified atom stereocenters. The van der Waals surface area contributed by atoms with Crippen LogP contribution in [0, 0.1) is 0 Å². The molecule has 2 fully saturated rings. The zero-order chi connectivity index (χ0) is 17.9. The first kappa shape index (κ1) is 19.8. The van der Waals surface area contributed by atoms with Gasteiger partial charge in [-0.15, -0.1) is 12.4 Å². The molecule has 2 aromatic rings. The van der Waals surface area contributed by atoms with Crippen molar-refractivity contribution in [3.05, 3.63) is 42.2 Å². The second-order valence-corrected chi connectivity index (χ2v) is 7.47. The topological polar surface area (TPSA) is 49.3 Å². The van der Waals surface area contributed by atoms with Crippen LogP contribution in [0.2, 0.25) is 0 Å². The molecule has 6 heteroatoms. The number of piperidine rings is 1. The molecule has 1 aromatic heterocycles. The Morgan fingerprint density at radius 2 is 1.89 bits per heavy atom. The maximum Gasteiger partial charge on any atom is 0.147 e. The molecule has 0 bridgehead atoms. The molecule has 2 aliphatic rings. The van der Waals surface area contributed by atoms with Crippen molar-refractivity contribution in [2.24, 2.45) is 0 Å². The Hall–Kier alpha value is -1.98. The second-order valence-electron chi connectivity index (χ2n) is 7.47. The minimum Gasteiger partial charge on any atom is -0.352 e. The van der Waals surface area contributed by atoms with Gasteiger partial charge in [-0.05, 0) is 31.9 Å². The van der Waals surface area contributed by atoms with Crippen LogP contribution in [-0.2, 0) is 11.2 Å². The number of carbonyl (C=O) groups is 1.